The lowest BCUT2D eigenvalue weighted by atomic mass is 10.0. The Morgan fingerprint density at radius 1 is 1.08 bits per heavy atom. The first kappa shape index (κ1) is 17.8. The number of carbonyl (C=O) groups excluding carboxylic acids is 3. The van der Waals surface area contributed by atoms with Gasteiger partial charge in [0.05, 0.1) is 17.7 Å². The number of benzene rings is 1. The van der Waals surface area contributed by atoms with E-state index in [2.05, 4.69) is 10.4 Å². The van der Waals surface area contributed by atoms with E-state index in [4.69, 9.17) is 0 Å². The molecular weight excluding hydrogens is 332 g/mol. The van der Waals surface area contributed by atoms with Crippen molar-refractivity contribution in [3.8, 4) is 0 Å². The molecule has 136 valence electrons. The van der Waals surface area contributed by atoms with Gasteiger partial charge in [0.25, 0.3) is 11.8 Å². The fourth-order valence-electron chi connectivity index (χ4n) is 3.24. The van der Waals surface area contributed by atoms with Crippen LogP contribution in [0.5, 0.6) is 0 Å². The Morgan fingerprint density at radius 2 is 1.69 bits per heavy atom. The molecule has 0 saturated carbocycles. The summed E-state index contributed by atoms with van der Waals surface area (Å²) < 4.78 is 1.72. The summed E-state index contributed by atoms with van der Waals surface area (Å²) in [4.78, 5) is 39.4. The van der Waals surface area contributed by atoms with Gasteiger partial charge in [-0.05, 0) is 31.0 Å². The standard InChI is InChI=1S/C19H22N4O3/c1-12(2)16(17(24)21-13(3)11-22-10-6-9-20-22)23-18(25)14-7-4-5-8-15(14)19(23)26/h4-10,12-13,16H,11H2,1-3H3,(H,21,24)/t13-,16-/m1/s1. The zero-order valence-corrected chi connectivity index (χ0v) is 15.0. The minimum absolute atomic E-state index is 0.196. The Labute approximate surface area is 152 Å². The Hall–Kier alpha value is -2.96. The molecule has 0 fully saturated rings. The average Bonchev–Trinajstić information content (AvgIpc) is 3.17. The van der Waals surface area contributed by atoms with Crippen molar-refractivity contribution in [3.05, 3.63) is 53.9 Å². The Bertz CT molecular complexity index is 794. The smallest absolute Gasteiger partial charge is 0.262 e. The van der Waals surface area contributed by atoms with E-state index in [-0.39, 0.29) is 17.9 Å². The van der Waals surface area contributed by atoms with E-state index < -0.39 is 17.9 Å². The van der Waals surface area contributed by atoms with Crippen LogP contribution >= 0.6 is 0 Å². The monoisotopic (exact) mass is 354 g/mol. The SMILES string of the molecule is CC(C)[C@H](C(=O)N[C@H](C)Cn1cccn1)N1C(=O)c2ccccc2C1=O. The van der Waals surface area contributed by atoms with E-state index in [1.165, 1.54) is 0 Å². The van der Waals surface area contributed by atoms with Crippen LogP contribution in [0.25, 0.3) is 0 Å². The van der Waals surface area contributed by atoms with Crippen LogP contribution in [0.2, 0.25) is 0 Å². The largest absolute Gasteiger partial charge is 0.350 e. The number of hydrogen-bond donors (Lipinski definition) is 1. The van der Waals surface area contributed by atoms with Gasteiger partial charge in [0, 0.05) is 18.4 Å². The maximum atomic E-state index is 12.9. The summed E-state index contributed by atoms with van der Waals surface area (Å²) >= 11 is 0. The van der Waals surface area contributed by atoms with Crippen molar-refractivity contribution in [2.75, 3.05) is 0 Å². The van der Waals surface area contributed by atoms with Crippen molar-refractivity contribution < 1.29 is 14.4 Å². The molecule has 0 spiro atoms. The molecule has 26 heavy (non-hydrogen) atoms. The molecule has 0 unspecified atom stereocenters. The molecule has 1 aliphatic heterocycles. The lowest BCUT2D eigenvalue weighted by Gasteiger charge is -2.29. The molecule has 0 bridgehead atoms. The van der Waals surface area contributed by atoms with Crippen LogP contribution in [0.4, 0.5) is 0 Å². The number of aromatic nitrogens is 2. The second kappa shape index (κ2) is 7.11. The molecule has 0 saturated heterocycles. The van der Waals surface area contributed by atoms with E-state index in [0.717, 1.165) is 4.90 Å². The summed E-state index contributed by atoms with van der Waals surface area (Å²) in [5.41, 5.74) is 0.695. The van der Waals surface area contributed by atoms with Crippen molar-refractivity contribution in [2.45, 2.75) is 39.4 Å². The second-order valence-electron chi connectivity index (χ2n) is 6.85. The molecule has 1 aromatic carbocycles. The van der Waals surface area contributed by atoms with Crippen LogP contribution in [0, 0.1) is 5.92 Å². The van der Waals surface area contributed by atoms with Gasteiger partial charge in [-0.2, -0.15) is 5.10 Å². The average molecular weight is 354 g/mol. The first-order valence-corrected chi connectivity index (χ1v) is 8.65. The number of rotatable bonds is 6. The first-order valence-electron chi connectivity index (χ1n) is 8.65. The Morgan fingerprint density at radius 3 is 2.19 bits per heavy atom. The highest BCUT2D eigenvalue weighted by Gasteiger charge is 2.44. The summed E-state index contributed by atoms with van der Waals surface area (Å²) in [6.45, 7) is 6.02. The fraction of sp³-hybridized carbons (Fsp3) is 0.368. The third-order valence-corrected chi connectivity index (χ3v) is 4.41. The van der Waals surface area contributed by atoms with Crippen molar-refractivity contribution >= 4 is 17.7 Å². The van der Waals surface area contributed by atoms with E-state index in [9.17, 15) is 14.4 Å². The zero-order chi connectivity index (χ0) is 18.8. The molecule has 2 heterocycles. The third-order valence-electron chi connectivity index (χ3n) is 4.41. The van der Waals surface area contributed by atoms with Crippen LogP contribution in [0.3, 0.4) is 0 Å². The number of imide groups is 1. The summed E-state index contributed by atoms with van der Waals surface area (Å²) in [5.74, 6) is -1.39. The highest BCUT2D eigenvalue weighted by molar-refractivity contribution is 6.22. The lowest BCUT2D eigenvalue weighted by Crippen LogP contribution is -2.54. The predicted octanol–water partition coefficient (Wildman–Crippen LogP) is 1.71. The molecule has 7 heteroatoms. The maximum Gasteiger partial charge on any atom is 0.262 e. The van der Waals surface area contributed by atoms with Crippen LogP contribution in [-0.2, 0) is 11.3 Å². The van der Waals surface area contributed by atoms with E-state index in [0.29, 0.717) is 17.7 Å². The van der Waals surface area contributed by atoms with Gasteiger partial charge in [-0.25, -0.2) is 0 Å². The normalized spacial score (nSPS) is 15.9. The summed E-state index contributed by atoms with van der Waals surface area (Å²) in [6.07, 6.45) is 3.48. The number of fused-ring (bicyclic) bond motifs is 1. The van der Waals surface area contributed by atoms with E-state index in [1.807, 2.05) is 33.0 Å². The van der Waals surface area contributed by atoms with Crippen LogP contribution < -0.4 is 5.32 Å². The van der Waals surface area contributed by atoms with Gasteiger partial charge in [0.1, 0.15) is 6.04 Å². The highest BCUT2D eigenvalue weighted by Crippen LogP contribution is 2.27. The van der Waals surface area contributed by atoms with Gasteiger partial charge in [-0.3, -0.25) is 24.0 Å². The molecule has 1 aliphatic rings. The molecule has 1 N–H and O–H groups in total. The first-order chi connectivity index (χ1) is 12.4. The molecule has 3 rings (SSSR count). The molecule has 2 atom stereocenters. The number of amides is 3. The van der Waals surface area contributed by atoms with Gasteiger partial charge in [0.2, 0.25) is 5.91 Å². The van der Waals surface area contributed by atoms with Gasteiger partial charge in [-0.1, -0.05) is 26.0 Å². The maximum absolute atomic E-state index is 12.9. The molecule has 0 radical (unpaired) electrons. The zero-order valence-electron chi connectivity index (χ0n) is 15.0. The van der Waals surface area contributed by atoms with Crippen LogP contribution in [0.15, 0.2) is 42.7 Å². The second-order valence-corrected chi connectivity index (χ2v) is 6.85. The van der Waals surface area contributed by atoms with Gasteiger partial charge >= 0.3 is 0 Å². The highest BCUT2D eigenvalue weighted by atomic mass is 16.2. The van der Waals surface area contributed by atoms with Gasteiger partial charge in [-0.15, -0.1) is 0 Å². The van der Waals surface area contributed by atoms with Gasteiger partial charge < -0.3 is 5.32 Å². The topological polar surface area (TPSA) is 84.3 Å². The number of hydrogen-bond acceptors (Lipinski definition) is 4. The van der Waals surface area contributed by atoms with Crippen LogP contribution in [0.1, 0.15) is 41.5 Å². The quantitative estimate of drug-likeness (QED) is 0.801. The van der Waals surface area contributed by atoms with Crippen molar-refractivity contribution in [1.82, 2.24) is 20.0 Å². The number of nitrogens with one attached hydrogen (secondary N) is 1. The lowest BCUT2D eigenvalue weighted by molar-refractivity contribution is -0.127. The summed E-state index contributed by atoms with van der Waals surface area (Å²) in [7, 11) is 0. The minimum atomic E-state index is -0.859. The Balaban J connectivity index is 1.78. The molecule has 0 aliphatic carbocycles. The molecule has 2 aromatic rings. The molecule has 3 amide bonds. The number of carbonyl (C=O) groups is 3. The molecular formula is C19H22N4O3. The van der Waals surface area contributed by atoms with E-state index in [1.54, 1.807) is 35.1 Å². The van der Waals surface area contributed by atoms with Crippen LogP contribution in [-0.4, -0.2) is 44.5 Å². The fourth-order valence-corrected chi connectivity index (χ4v) is 3.24. The summed E-state index contributed by atoms with van der Waals surface area (Å²) in [6, 6.07) is 7.41. The van der Waals surface area contributed by atoms with Gasteiger partial charge in [0.15, 0.2) is 0 Å². The van der Waals surface area contributed by atoms with E-state index >= 15 is 0 Å². The van der Waals surface area contributed by atoms with Crippen molar-refractivity contribution in [3.63, 3.8) is 0 Å². The summed E-state index contributed by atoms with van der Waals surface area (Å²) in [5, 5.41) is 7.02. The predicted molar refractivity (Wildman–Crippen MR) is 95.4 cm³/mol. The Kier molecular flexibility index (Phi) is 4.88. The third kappa shape index (κ3) is 3.24. The minimum Gasteiger partial charge on any atom is -0.350 e. The van der Waals surface area contributed by atoms with Crippen molar-refractivity contribution in [1.29, 1.82) is 0 Å². The molecule has 7 nitrogen and oxygen atoms in total. The van der Waals surface area contributed by atoms with Crippen molar-refractivity contribution in [2.24, 2.45) is 5.92 Å². The number of nitrogens with zero attached hydrogens (tertiary/aromatic N) is 3. The molecule has 1 aromatic heterocycles.